The number of hydrogen-bond acceptors (Lipinski definition) is 5. The number of aliphatic hydroxyl groups is 1. The summed E-state index contributed by atoms with van der Waals surface area (Å²) < 4.78 is 31.8. The van der Waals surface area contributed by atoms with E-state index in [4.69, 9.17) is 4.74 Å². The standard InChI is InChI=1S/C13H21NO4S2/c1-10-8-12(19-11(10)2)20(16,17)14(3)9-13(15)4-6-18-7-5-13/h8,15H,4-7,9H2,1-3H3. The van der Waals surface area contributed by atoms with Gasteiger partial charge in [0, 0.05) is 44.5 Å². The predicted molar refractivity (Wildman–Crippen MR) is 78.6 cm³/mol. The van der Waals surface area contributed by atoms with Crippen LogP contribution in [0.5, 0.6) is 0 Å². The minimum absolute atomic E-state index is 0.106. The zero-order valence-corrected chi connectivity index (χ0v) is 13.7. The van der Waals surface area contributed by atoms with Crippen LogP contribution in [-0.2, 0) is 14.8 Å². The molecule has 0 unspecified atom stereocenters. The lowest BCUT2D eigenvalue weighted by Crippen LogP contribution is -2.47. The highest BCUT2D eigenvalue weighted by atomic mass is 32.2. The highest BCUT2D eigenvalue weighted by Crippen LogP contribution is 2.29. The molecule has 0 radical (unpaired) electrons. The molecule has 0 bridgehead atoms. The highest BCUT2D eigenvalue weighted by molar-refractivity contribution is 7.91. The van der Waals surface area contributed by atoms with Crippen molar-refractivity contribution in [1.29, 1.82) is 0 Å². The molecule has 20 heavy (non-hydrogen) atoms. The van der Waals surface area contributed by atoms with Crippen molar-refractivity contribution in [2.24, 2.45) is 0 Å². The second-order valence-electron chi connectivity index (χ2n) is 5.40. The Kier molecular flexibility index (Phi) is 4.56. The lowest BCUT2D eigenvalue weighted by atomic mass is 9.95. The molecule has 1 aromatic heterocycles. The highest BCUT2D eigenvalue weighted by Gasteiger charge is 2.35. The third-order valence-electron chi connectivity index (χ3n) is 3.75. The number of thiophene rings is 1. The summed E-state index contributed by atoms with van der Waals surface area (Å²) in [5.74, 6) is 0. The molecule has 0 atom stereocenters. The molecule has 1 aliphatic rings. The van der Waals surface area contributed by atoms with Crippen molar-refractivity contribution >= 4 is 21.4 Å². The molecule has 1 fully saturated rings. The van der Waals surface area contributed by atoms with Crippen LogP contribution in [0.1, 0.15) is 23.3 Å². The van der Waals surface area contributed by atoms with Crippen LogP contribution in [0, 0.1) is 13.8 Å². The van der Waals surface area contributed by atoms with Gasteiger partial charge in [-0.2, -0.15) is 4.31 Å². The molecule has 114 valence electrons. The summed E-state index contributed by atoms with van der Waals surface area (Å²) in [6.45, 7) is 4.86. The van der Waals surface area contributed by atoms with Crippen molar-refractivity contribution < 1.29 is 18.3 Å². The SMILES string of the molecule is Cc1cc(S(=O)(=O)N(C)CC2(O)CCOCC2)sc1C. The molecule has 0 aromatic carbocycles. The van der Waals surface area contributed by atoms with Crippen LogP contribution in [0.2, 0.25) is 0 Å². The largest absolute Gasteiger partial charge is 0.388 e. The molecule has 1 N–H and O–H groups in total. The van der Waals surface area contributed by atoms with Crippen LogP contribution in [0.4, 0.5) is 0 Å². The van der Waals surface area contributed by atoms with Gasteiger partial charge in [0.25, 0.3) is 10.0 Å². The Morgan fingerprint density at radius 1 is 1.40 bits per heavy atom. The van der Waals surface area contributed by atoms with Crippen LogP contribution in [-0.4, -0.2) is 50.2 Å². The van der Waals surface area contributed by atoms with Crippen LogP contribution in [0.3, 0.4) is 0 Å². The Balaban J connectivity index is 2.16. The Bertz CT molecular complexity index is 554. The van der Waals surface area contributed by atoms with E-state index in [0.29, 0.717) is 30.3 Å². The van der Waals surface area contributed by atoms with Crippen molar-refractivity contribution in [3.63, 3.8) is 0 Å². The van der Waals surface area contributed by atoms with Gasteiger partial charge in [0.1, 0.15) is 4.21 Å². The van der Waals surface area contributed by atoms with Gasteiger partial charge in [0.15, 0.2) is 0 Å². The molecule has 1 saturated heterocycles. The second-order valence-corrected chi connectivity index (χ2v) is 8.93. The topological polar surface area (TPSA) is 66.8 Å². The van der Waals surface area contributed by atoms with Gasteiger partial charge in [-0.3, -0.25) is 0 Å². The van der Waals surface area contributed by atoms with Crippen molar-refractivity contribution in [1.82, 2.24) is 4.31 Å². The Hall–Kier alpha value is -0.470. The molecule has 1 aliphatic heterocycles. The van der Waals surface area contributed by atoms with Crippen LogP contribution in [0.25, 0.3) is 0 Å². The first-order valence-corrected chi connectivity index (χ1v) is 8.84. The molecule has 7 heteroatoms. The van der Waals surface area contributed by atoms with Crippen LogP contribution in [0.15, 0.2) is 10.3 Å². The number of sulfonamides is 1. The van der Waals surface area contributed by atoms with E-state index in [1.165, 1.54) is 22.7 Å². The minimum atomic E-state index is -3.53. The maximum absolute atomic E-state index is 12.5. The van der Waals surface area contributed by atoms with Gasteiger partial charge in [0.05, 0.1) is 5.60 Å². The zero-order chi connectivity index (χ0) is 15.0. The molecule has 0 amide bonds. The Morgan fingerprint density at radius 3 is 2.50 bits per heavy atom. The van der Waals surface area contributed by atoms with Gasteiger partial charge in [-0.05, 0) is 25.5 Å². The summed E-state index contributed by atoms with van der Waals surface area (Å²) in [6.07, 6.45) is 0.935. The van der Waals surface area contributed by atoms with Gasteiger partial charge in [-0.1, -0.05) is 0 Å². The van der Waals surface area contributed by atoms with Crippen LogP contribution < -0.4 is 0 Å². The molecule has 0 saturated carbocycles. The van der Waals surface area contributed by atoms with Crippen LogP contribution >= 0.6 is 11.3 Å². The van der Waals surface area contributed by atoms with Gasteiger partial charge in [-0.25, -0.2) is 8.42 Å². The lowest BCUT2D eigenvalue weighted by Gasteiger charge is -2.34. The zero-order valence-electron chi connectivity index (χ0n) is 12.0. The first kappa shape index (κ1) is 15.9. The fraction of sp³-hybridized carbons (Fsp3) is 0.692. The van der Waals surface area contributed by atoms with Crippen molar-refractivity contribution in [2.45, 2.75) is 36.5 Å². The maximum atomic E-state index is 12.5. The third kappa shape index (κ3) is 3.23. The van der Waals surface area contributed by atoms with Gasteiger partial charge in [0.2, 0.25) is 0 Å². The maximum Gasteiger partial charge on any atom is 0.252 e. The number of ether oxygens (including phenoxy) is 1. The molecule has 0 aliphatic carbocycles. The van der Waals surface area contributed by atoms with Gasteiger partial charge in [-0.15, -0.1) is 11.3 Å². The monoisotopic (exact) mass is 319 g/mol. The molecular formula is C13H21NO4S2. The number of rotatable bonds is 4. The van der Waals surface area contributed by atoms with Gasteiger partial charge >= 0.3 is 0 Å². The number of likely N-dealkylation sites (N-methyl/N-ethyl adjacent to an activating group) is 1. The normalized spacial score (nSPS) is 19.4. The minimum Gasteiger partial charge on any atom is -0.388 e. The van der Waals surface area contributed by atoms with E-state index in [1.807, 2.05) is 13.8 Å². The average molecular weight is 319 g/mol. The Morgan fingerprint density at radius 2 is 2.00 bits per heavy atom. The summed E-state index contributed by atoms with van der Waals surface area (Å²) in [5, 5.41) is 10.4. The average Bonchev–Trinajstić information content (AvgIpc) is 2.70. The van der Waals surface area contributed by atoms with Crippen molar-refractivity contribution in [3.8, 4) is 0 Å². The van der Waals surface area contributed by atoms with E-state index in [1.54, 1.807) is 6.07 Å². The Labute approximate surface area is 124 Å². The van der Waals surface area contributed by atoms with Crippen molar-refractivity contribution in [3.05, 3.63) is 16.5 Å². The summed E-state index contributed by atoms with van der Waals surface area (Å²) in [5.41, 5.74) is -0.00623. The van der Waals surface area contributed by atoms with E-state index in [-0.39, 0.29) is 6.54 Å². The number of aryl methyl sites for hydroxylation is 2. The molecule has 2 rings (SSSR count). The van der Waals surface area contributed by atoms with Gasteiger partial charge < -0.3 is 9.84 Å². The predicted octanol–water partition coefficient (Wildman–Crippen LogP) is 1.53. The number of hydrogen-bond donors (Lipinski definition) is 1. The molecule has 0 spiro atoms. The first-order valence-electron chi connectivity index (χ1n) is 6.58. The second kappa shape index (κ2) is 5.73. The first-order chi connectivity index (χ1) is 9.24. The quantitative estimate of drug-likeness (QED) is 0.914. The van der Waals surface area contributed by atoms with Crippen molar-refractivity contribution in [2.75, 3.05) is 26.8 Å². The van der Waals surface area contributed by atoms with E-state index in [9.17, 15) is 13.5 Å². The van der Waals surface area contributed by atoms with E-state index >= 15 is 0 Å². The van der Waals surface area contributed by atoms with E-state index in [0.717, 1.165) is 10.4 Å². The molecule has 5 nitrogen and oxygen atoms in total. The lowest BCUT2D eigenvalue weighted by molar-refractivity contribution is -0.0689. The fourth-order valence-electron chi connectivity index (χ4n) is 2.23. The summed E-state index contributed by atoms with van der Waals surface area (Å²) in [7, 11) is -2.01. The fourth-order valence-corrected chi connectivity index (χ4v) is 5.21. The molecule has 1 aromatic rings. The number of nitrogens with zero attached hydrogens (tertiary/aromatic N) is 1. The smallest absolute Gasteiger partial charge is 0.252 e. The van der Waals surface area contributed by atoms with E-state index in [2.05, 4.69) is 0 Å². The summed E-state index contributed by atoms with van der Waals surface area (Å²) >= 11 is 1.27. The molecule has 2 heterocycles. The summed E-state index contributed by atoms with van der Waals surface area (Å²) in [4.78, 5) is 1.00. The summed E-state index contributed by atoms with van der Waals surface area (Å²) in [6, 6.07) is 1.69. The molecular weight excluding hydrogens is 298 g/mol. The van der Waals surface area contributed by atoms with E-state index < -0.39 is 15.6 Å². The third-order valence-corrected chi connectivity index (χ3v) is 7.15.